The van der Waals surface area contributed by atoms with Crippen LogP contribution in [0, 0.1) is 5.41 Å². The number of aryl methyl sites for hydroxylation is 1. The van der Waals surface area contributed by atoms with Crippen LogP contribution < -0.4 is 0 Å². The number of hydrogen-bond acceptors (Lipinski definition) is 5. The first-order chi connectivity index (χ1) is 12.4. The molecular formula is C21H32O5. The Hall–Kier alpha value is -1.56. The summed E-state index contributed by atoms with van der Waals surface area (Å²) >= 11 is 0. The molecule has 0 aromatic heterocycles. The van der Waals surface area contributed by atoms with Gasteiger partial charge in [0, 0.05) is 18.3 Å². The molecular weight excluding hydrogens is 332 g/mol. The summed E-state index contributed by atoms with van der Waals surface area (Å²) in [6.07, 6.45) is 4.72. The fourth-order valence-electron chi connectivity index (χ4n) is 2.71. The van der Waals surface area contributed by atoms with Gasteiger partial charge in [-0.05, 0) is 29.9 Å². The molecule has 1 aromatic carbocycles. The van der Waals surface area contributed by atoms with E-state index in [2.05, 4.69) is 31.2 Å². The van der Waals surface area contributed by atoms with Crippen LogP contribution in [0.2, 0.25) is 0 Å². The number of benzene rings is 1. The highest BCUT2D eigenvalue weighted by molar-refractivity contribution is 6.02. The van der Waals surface area contributed by atoms with Gasteiger partial charge in [-0.2, -0.15) is 0 Å². The van der Waals surface area contributed by atoms with Crippen LogP contribution in [0.1, 0.15) is 63.0 Å². The Kier molecular flexibility index (Phi) is 9.70. The average molecular weight is 364 g/mol. The number of aliphatic hydroxyl groups excluding tert-OH is 3. The Morgan fingerprint density at radius 2 is 1.46 bits per heavy atom. The van der Waals surface area contributed by atoms with Gasteiger partial charge in [0.1, 0.15) is 11.6 Å². The van der Waals surface area contributed by atoms with Crippen LogP contribution in [0.25, 0.3) is 0 Å². The summed E-state index contributed by atoms with van der Waals surface area (Å²) < 4.78 is 0. The summed E-state index contributed by atoms with van der Waals surface area (Å²) in [5.74, 6) is 0.289. The van der Waals surface area contributed by atoms with Crippen molar-refractivity contribution in [2.75, 3.05) is 19.8 Å². The van der Waals surface area contributed by atoms with Crippen molar-refractivity contribution in [3.8, 4) is 0 Å². The first-order valence-electron chi connectivity index (χ1n) is 9.32. The fraction of sp³-hybridized carbons (Fsp3) is 0.619. The molecule has 0 spiro atoms. The number of carbonyl (C=O) groups is 2. The minimum absolute atomic E-state index is 0.0892. The predicted octanol–water partition coefficient (Wildman–Crippen LogP) is 2.40. The van der Waals surface area contributed by atoms with E-state index < -0.39 is 5.41 Å². The molecule has 5 nitrogen and oxygen atoms in total. The highest BCUT2D eigenvalue weighted by Gasteiger charge is 2.26. The Morgan fingerprint density at radius 3 is 1.85 bits per heavy atom. The molecule has 1 saturated carbocycles. The van der Waals surface area contributed by atoms with Crippen LogP contribution in [-0.4, -0.2) is 46.7 Å². The largest absolute Gasteiger partial charge is 0.396 e. The standard InChI is InChI=1S/C16H20O2.C5H12O3/c1-2-3-4-12-5-7-13(8-6-12)14-9-15(17)11-16(18)10-14;1-5(2-6,3-7)4-8/h5-8,14H,2-4,9-11H2,1H3;6-8H,2-4H2,1H3. The van der Waals surface area contributed by atoms with E-state index >= 15 is 0 Å². The van der Waals surface area contributed by atoms with Crippen LogP contribution in [0.3, 0.4) is 0 Å². The smallest absolute Gasteiger partial charge is 0.140 e. The molecule has 0 saturated heterocycles. The minimum Gasteiger partial charge on any atom is -0.396 e. The fourth-order valence-corrected chi connectivity index (χ4v) is 2.71. The molecule has 1 aromatic rings. The molecule has 2 rings (SSSR count). The third kappa shape index (κ3) is 7.36. The molecule has 0 radical (unpaired) electrons. The summed E-state index contributed by atoms with van der Waals surface area (Å²) in [6, 6.07) is 8.44. The van der Waals surface area contributed by atoms with Crippen molar-refractivity contribution >= 4 is 11.6 Å². The van der Waals surface area contributed by atoms with Gasteiger partial charge in [0.15, 0.2) is 0 Å². The monoisotopic (exact) mass is 364 g/mol. The van der Waals surface area contributed by atoms with Gasteiger partial charge >= 0.3 is 0 Å². The Balaban J connectivity index is 0.000000359. The van der Waals surface area contributed by atoms with E-state index in [1.165, 1.54) is 18.4 Å². The van der Waals surface area contributed by atoms with Gasteiger partial charge in [-0.15, -0.1) is 0 Å². The van der Waals surface area contributed by atoms with E-state index in [-0.39, 0.29) is 43.7 Å². The minimum atomic E-state index is -0.708. The van der Waals surface area contributed by atoms with Gasteiger partial charge in [0.25, 0.3) is 0 Å². The molecule has 1 fully saturated rings. The number of rotatable bonds is 7. The second kappa shape index (κ2) is 11.2. The molecule has 0 atom stereocenters. The highest BCUT2D eigenvalue weighted by Crippen LogP contribution is 2.29. The van der Waals surface area contributed by atoms with E-state index in [0.29, 0.717) is 12.8 Å². The lowest BCUT2D eigenvalue weighted by Crippen LogP contribution is -2.29. The van der Waals surface area contributed by atoms with E-state index in [0.717, 1.165) is 12.0 Å². The van der Waals surface area contributed by atoms with Crippen molar-refractivity contribution < 1.29 is 24.9 Å². The normalized spacial score (nSPS) is 15.6. The van der Waals surface area contributed by atoms with Crippen molar-refractivity contribution in [3.05, 3.63) is 35.4 Å². The van der Waals surface area contributed by atoms with Crippen molar-refractivity contribution in [3.63, 3.8) is 0 Å². The Morgan fingerprint density at radius 1 is 0.962 bits per heavy atom. The van der Waals surface area contributed by atoms with Crippen molar-refractivity contribution in [1.82, 2.24) is 0 Å². The molecule has 3 N–H and O–H groups in total. The molecule has 0 bridgehead atoms. The zero-order valence-electron chi connectivity index (χ0n) is 15.9. The molecule has 5 heteroatoms. The van der Waals surface area contributed by atoms with Crippen LogP contribution in [0.4, 0.5) is 0 Å². The maximum atomic E-state index is 11.4. The summed E-state index contributed by atoms with van der Waals surface area (Å²) in [5.41, 5.74) is 1.77. The van der Waals surface area contributed by atoms with Gasteiger partial charge in [0.05, 0.1) is 26.2 Å². The number of ketones is 2. The summed E-state index contributed by atoms with van der Waals surface area (Å²) in [5, 5.41) is 25.4. The lowest BCUT2D eigenvalue weighted by atomic mass is 9.82. The number of Topliss-reactive ketones (excluding diaryl/α,β-unsaturated/α-hetero) is 2. The zero-order valence-corrected chi connectivity index (χ0v) is 15.9. The average Bonchev–Trinajstić information content (AvgIpc) is 2.66. The van der Waals surface area contributed by atoms with E-state index in [1.54, 1.807) is 6.92 Å². The second-order valence-electron chi connectivity index (χ2n) is 7.49. The van der Waals surface area contributed by atoms with Crippen molar-refractivity contribution in [2.45, 2.75) is 58.3 Å². The number of hydrogen-bond donors (Lipinski definition) is 3. The molecule has 0 aliphatic heterocycles. The van der Waals surface area contributed by atoms with E-state index in [9.17, 15) is 9.59 Å². The third-order valence-electron chi connectivity index (χ3n) is 4.76. The molecule has 1 aliphatic carbocycles. The highest BCUT2D eigenvalue weighted by atomic mass is 16.3. The molecule has 1 aliphatic rings. The van der Waals surface area contributed by atoms with Crippen LogP contribution in [-0.2, 0) is 16.0 Å². The number of unbranched alkanes of at least 4 members (excludes halogenated alkanes) is 1. The summed E-state index contributed by atoms with van der Waals surface area (Å²) in [7, 11) is 0. The van der Waals surface area contributed by atoms with E-state index in [1.807, 2.05) is 0 Å². The molecule has 0 unspecified atom stereocenters. The first kappa shape index (κ1) is 22.5. The van der Waals surface area contributed by atoms with Gasteiger partial charge < -0.3 is 15.3 Å². The van der Waals surface area contributed by atoms with Crippen molar-refractivity contribution in [2.24, 2.45) is 5.41 Å². The Labute approximate surface area is 156 Å². The SMILES string of the molecule is CC(CO)(CO)CO.CCCCc1ccc(C2CC(=O)CC(=O)C2)cc1. The van der Waals surface area contributed by atoms with Crippen LogP contribution >= 0.6 is 0 Å². The van der Waals surface area contributed by atoms with Gasteiger partial charge in [-0.25, -0.2) is 0 Å². The van der Waals surface area contributed by atoms with Gasteiger partial charge in [-0.1, -0.05) is 44.5 Å². The molecule has 0 heterocycles. The quantitative estimate of drug-likeness (QED) is 0.646. The van der Waals surface area contributed by atoms with E-state index in [4.69, 9.17) is 15.3 Å². The van der Waals surface area contributed by atoms with Gasteiger partial charge in [0.2, 0.25) is 0 Å². The zero-order chi connectivity index (χ0) is 19.6. The maximum absolute atomic E-state index is 11.4. The van der Waals surface area contributed by atoms with Crippen LogP contribution in [0.5, 0.6) is 0 Å². The molecule has 146 valence electrons. The Bertz CT molecular complexity index is 536. The topological polar surface area (TPSA) is 94.8 Å². The molecule has 0 amide bonds. The summed E-state index contributed by atoms with van der Waals surface area (Å²) in [4.78, 5) is 22.9. The number of carbonyl (C=O) groups excluding carboxylic acids is 2. The second-order valence-corrected chi connectivity index (χ2v) is 7.49. The van der Waals surface area contributed by atoms with Crippen molar-refractivity contribution in [1.29, 1.82) is 0 Å². The summed E-state index contributed by atoms with van der Waals surface area (Å²) in [6.45, 7) is 3.25. The lowest BCUT2D eigenvalue weighted by molar-refractivity contribution is -0.130. The first-order valence-corrected chi connectivity index (χ1v) is 9.32. The molecule has 26 heavy (non-hydrogen) atoms. The third-order valence-corrected chi connectivity index (χ3v) is 4.76. The lowest BCUT2D eigenvalue weighted by Gasteiger charge is -2.20. The maximum Gasteiger partial charge on any atom is 0.140 e. The number of aliphatic hydroxyl groups is 3. The predicted molar refractivity (Wildman–Crippen MR) is 101 cm³/mol. The van der Waals surface area contributed by atoms with Crippen LogP contribution in [0.15, 0.2) is 24.3 Å². The van der Waals surface area contributed by atoms with Gasteiger partial charge in [-0.3, -0.25) is 9.59 Å².